The lowest BCUT2D eigenvalue weighted by Crippen LogP contribution is -2.11. The fraction of sp³-hybridized carbons (Fsp3) is 0. The van der Waals surface area contributed by atoms with Crippen molar-refractivity contribution in [3.05, 3.63) is 0 Å². The summed E-state index contributed by atoms with van der Waals surface area (Å²) >= 11 is 0. The Morgan fingerprint density at radius 2 is 1.38 bits per heavy atom. The van der Waals surface area contributed by atoms with Crippen LogP contribution >= 0.6 is 7.80 Å². The predicted octanol–water partition coefficient (Wildman–Crippen LogP) is -0.296. The fourth-order valence-electron chi connectivity index (χ4n) is 0.121. The summed E-state index contributed by atoms with van der Waals surface area (Å²) in [5.41, 5.74) is 6.59. The van der Waals surface area contributed by atoms with Crippen molar-refractivity contribution in [1.82, 2.24) is 0 Å². The van der Waals surface area contributed by atoms with Gasteiger partial charge in [0.15, 0.2) is 0 Å². The minimum absolute atomic E-state index is 1.14. The fourth-order valence-corrected chi connectivity index (χ4v) is 0.364. The van der Waals surface area contributed by atoms with Gasteiger partial charge in [-0.2, -0.15) is 0 Å². The summed E-state index contributed by atoms with van der Waals surface area (Å²) in [6.45, 7) is 0. The lowest BCUT2D eigenvalue weighted by molar-refractivity contribution is 0.261. The minimum atomic E-state index is -3.00. The van der Waals surface area contributed by atoms with Crippen LogP contribution in [-0.2, 0) is 4.57 Å². The van der Waals surface area contributed by atoms with Crippen LogP contribution in [0.3, 0.4) is 0 Å². The van der Waals surface area contributed by atoms with Gasteiger partial charge in [0, 0.05) is 0 Å². The molecule has 6 heteroatoms. The third-order valence-corrected chi connectivity index (χ3v) is 1.34. The highest BCUT2D eigenvalue weighted by Gasteiger charge is 2.11. The molecule has 0 aliphatic carbocycles. The molecule has 0 bridgehead atoms. The maximum Gasteiger partial charge on any atom is 0.282 e. The Hall–Kier alpha value is -0.830. The summed E-state index contributed by atoms with van der Waals surface area (Å²) in [5.74, 6) is 0. The molecule has 4 N–H and O–H groups in total. The second-order valence-corrected chi connectivity index (χ2v) is 2.70. The number of hydrogen-bond acceptors (Lipinski definition) is 3. The van der Waals surface area contributed by atoms with Gasteiger partial charge in [-0.1, -0.05) is 0 Å². The average molecular weight is 136 g/mol. The van der Waals surface area contributed by atoms with Gasteiger partial charge in [-0.15, -0.1) is 0 Å². The smallest absolute Gasteiger partial charge is 0.282 e. The van der Waals surface area contributed by atoms with Crippen molar-refractivity contribution >= 4 is 19.1 Å². The average Bonchev–Trinajstić information content (AvgIpc) is 1.64. The zero-order chi connectivity index (χ0) is 6.73. The maximum atomic E-state index is 10.1. The van der Waals surface area contributed by atoms with Crippen LogP contribution in [0.1, 0.15) is 0 Å². The molecule has 5 nitrogen and oxygen atoms in total. The molecule has 0 rings (SSSR count). The van der Waals surface area contributed by atoms with Gasteiger partial charge in [0.05, 0.1) is 0 Å². The van der Waals surface area contributed by atoms with E-state index in [4.69, 9.17) is 0 Å². The molecule has 0 aliphatic rings. The second-order valence-electron chi connectivity index (χ2n) is 1.06. The quantitative estimate of drug-likeness (QED) is 0.509. The molecule has 0 aliphatic heterocycles. The third kappa shape index (κ3) is 1.75. The summed E-state index contributed by atoms with van der Waals surface area (Å²) in [6, 6.07) is 0. The number of nitrogens with two attached hydrogens (primary N) is 2. The molecular formula is C2H5N2O3P. The van der Waals surface area contributed by atoms with Gasteiger partial charge in [0.1, 0.15) is 0 Å². The van der Waals surface area contributed by atoms with E-state index >= 15 is 0 Å². The molecule has 0 fully saturated rings. The normalized spacial score (nSPS) is 9.12. The van der Waals surface area contributed by atoms with Crippen molar-refractivity contribution in [3.8, 4) is 0 Å². The van der Waals surface area contributed by atoms with E-state index in [-0.39, 0.29) is 0 Å². The first-order valence-corrected chi connectivity index (χ1v) is 3.10. The van der Waals surface area contributed by atoms with E-state index in [1.54, 1.807) is 0 Å². The molecule has 0 atom stereocenters. The Kier molecular flexibility index (Phi) is 2.21. The highest BCUT2D eigenvalue weighted by molar-refractivity contribution is 7.78. The first kappa shape index (κ1) is 7.17. The van der Waals surface area contributed by atoms with Gasteiger partial charge >= 0.3 is 0 Å². The van der Waals surface area contributed by atoms with Crippen LogP contribution in [0.2, 0.25) is 0 Å². The van der Waals surface area contributed by atoms with Crippen LogP contribution in [0.15, 0.2) is 0 Å². The Balaban J connectivity index is 4.05. The van der Waals surface area contributed by atoms with Crippen LogP contribution < -0.4 is 11.5 Å². The first-order valence-electron chi connectivity index (χ1n) is 1.69. The van der Waals surface area contributed by atoms with E-state index in [1.165, 1.54) is 0 Å². The van der Waals surface area contributed by atoms with E-state index < -0.39 is 19.1 Å². The monoisotopic (exact) mass is 136 g/mol. The summed E-state index contributed by atoms with van der Waals surface area (Å²) in [5, 5.41) is 0. The van der Waals surface area contributed by atoms with Crippen LogP contribution in [0.4, 0.5) is 9.59 Å². The van der Waals surface area contributed by atoms with Crippen molar-refractivity contribution in [2.75, 3.05) is 0 Å². The molecule has 0 aromatic carbocycles. The van der Waals surface area contributed by atoms with E-state index in [2.05, 4.69) is 11.5 Å². The van der Waals surface area contributed by atoms with Crippen LogP contribution in [0, 0.1) is 0 Å². The van der Waals surface area contributed by atoms with E-state index in [1.807, 2.05) is 0 Å². The lowest BCUT2D eigenvalue weighted by Gasteiger charge is -1.84. The zero-order valence-corrected chi connectivity index (χ0v) is 4.88. The molecule has 8 heavy (non-hydrogen) atoms. The van der Waals surface area contributed by atoms with Gasteiger partial charge in [0.2, 0.25) is 7.80 Å². The number of primary amides is 2. The Morgan fingerprint density at radius 1 is 1.12 bits per heavy atom. The van der Waals surface area contributed by atoms with Crippen LogP contribution in [-0.4, -0.2) is 11.3 Å². The zero-order valence-electron chi connectivity index (χ0n) is 3.88. The number of hydrogen-bond donors (Lipinski definition) is 2. The molecule has 46 valence electrons. The standard InChI is InChI=1S/C2H5N2O3P/c3-1(5)8(7)2(4)6/h8H,(H2,3,5)(H2,4,6). The van der Waals surface area contributed by atoms with Crippen LogP contribution in [0.5, 0.6) is 0 Å². The highest BCUT2D eigenvalue weighted by atomic mass is 31.1. The van der Waals surface area contributed by atoms with E-state index in [0.29, 0.717) is 0 Å². The molecular weight excluding hydrogens is 131 g/mol. The first-order chi connectivity index (χ1) is 3.55. The molecule has 0 spiro atoms. The number of rotatable bonds is 2. The summed E-state index contributed by atoms with van der Waals surface area (Å²) < 4.78 is 10.1. The van der Waals surface area contributed by atoms with Gasteiger partial charge in [-0.3, -0.25) is 9.59 Å². The Bertz CT molecular complexity index is 137. The van der Waals surface area contributed by atoms with Crippen molar-refractivity contribution in [2.45, 2.75) is 0 Å². The Morgan fingerprint density at radius 3 is 1.38 bits per heavy atom. The molecule has 0 aromatic heterocycles. The molecule has 2 amide bonds. The molecule has 0 unspecified atom stereocenters. The Labute approximate surface area is 45.8 Å². The molecule has 0 saturated heterocycles. The van der Waals surface area contributed by atoms with Gasteiger partial charge < -0.3 is 16.0 Å². The second kappa shape index (κ2) is 2.47. The summed E-state index contributed by atoms with van der Waals surface area (Å²) in [7, 11) is -3.00. The third-order valence-electron chi connectivity index (χ3n) is 0.448. The van der Waals surface area contributed by atoms with Crippen LogP contribution in [0.25, 0.3) is 0 Å². The van der Waals surface area contributed by atoms with Crippen molar-refractivity contribution in [3.63, 3.8) is 0 Å². The lowest BCUT2D eigenvalue weighted by atomic mass is 11.4. The van der Waals surface area contributed by atoms with Crippen molar-refractivity contribution in [2.24, 2.45) is 11.5 Å². The molecule has 0 aromatic rings. The largest absolute Gasteiger partial charge is 0.363 e. The summed E-state index contributed by atoms with van der Waals surface area (Å²) in [4.78, 5) is 19.6. The highest BCUT2D eigenvalue weighted by Crippen LogP contribution is 2.17. The van der Waals surface area contributed by atoms with Gasteiger partial charge in [-0.25, -0.2) is 0 Å². The molecule has 0 heterocycles. The molecule has 0 radical (unpaired) electrons. The van der Waals surface area contributed by atoms with Gasteiger partial charge in [0.25, 0.3) is 11.3 Å². The maximum absolute atomic E-state index is 10.1. The minimum Gasteiger partial charge on any atom is -0.363 e. The SMILES string of the molecule is NC(=O)[PH](=O)C(N)=O. The predicted molar refractivity (Wildman–Crippen MR) is 28.2 cm³/mol. The van der Waals surface area contributed by atoms with Gasteiger partial charge in [-0.05, 0) is 0 Å². The number of carbonyl (C=O) groups excluding carboxylic acids is 2. The molecule has 0 saturated carbocycles. The van der Waals surface area contributed by atoms with E-state index in [0.717, 1.165) is 0 Å². The number of amides is 2. The number of carbonyl (C=O) groups is 2. The van der Waals surface area contributed by atoms with Crippen molar-refractivity contribution < 1.29 is 14.2 Å². The summed E-state index contributed by atoms with van der Waals surface area (Å²) in [6.07, 6.45) is 0. The topological polar surface area (TPSA) is 103 Å². The van der Waals surface area contributed by atoms with E-state index in [9.17, 15) is 14.2 Å². The van der Waals surface area contributed by atoms with Crippen molar-refractivity contribution in [1.29, 1.82) is 0 Å².